The van der Waals surface area contributed by atoms with Gasteiger partial charge in [0.05, 0.1) is 12.3 Å². The molecule has 0 aliphatic carbocycles. The fourth-order valence-electron chi connectivity index (χ4n) is 3.43. The summed E-state index contributed by atoms with van der Waals surface area (Å²) in [6, 6.07) is 12.7. The van der Waals surface area contributed by atoms with Gasteiger partial charge in [0.15, 0.2) is 0 Å². The van der Waals surface area contributed by atoms with Gasteiger partial charge in [0, 0.05) is 30.3 Å². The second-order valence-corrected chi connectivity index (χ2v) is 9.14. The van der Waals surface area contributed by atoms with Gasteiger partial charge in [-0.05, 0) is 62.4 Å². The Morgan fingerprint density at radius 1 is 1.22 bits per heavy atom. The van der Waals surface area contributed by atoms with E-state index in [0.717, 1.165) is 0 Å². The number of rotatable bonds is 5. The Bertz CT molecular complexity index is 1380. The molecule has 190 valence electrons. The number of aromatic nitrogens is 1. The SMILES string of the molecule is CN1C(=O)C(NC(=O)c2cc(Oc3ccc(F)cc3)ccn2)COc2ccc(C#CC(C)(C)CO)cc21. The first-order valence-electron chi connectivity index (χ1n) is 11.5. The van der Waals surface area contributed by atoms with Crippen LogP contribution in [0.15, 0.2) is 60.8 Å². The zero-order chi connectivity index (χ0) is 26.6. The van der Waals surface area contributed by atoms with E-state index in [9.17, 15) is 19.1 Å². The normalized spacial score (nSPS) is 15.0. The van der Waals surface area contributed by atoms with Crippen LogP contribution in [0.3, 0.4) is 0 Å². The third-order valence-corrected chi connectivity index (χ3v) is 5.61. The Kier molecular flexibility index (Phi) is 7.41. The Labute approximate surface area is 214 Å². The van der Waals surface area contributed by atoms with Crippen LogP contribution in [0.1, 0.15) is 29.9 Å². The summed E-state index contributed by atoms with van der Waals surface area (Å²) >= 11 is 0. The topological polar surface area (TPSA) is 101 Å². The molecule has 2 heterocycles. The minimum absolute atomic E-state index is 0.0425. The number of benzene rings is 2. The molecule has 1 aliphatic rings. The minimum Gasteiger partial charge on any atom is -0.489 e. The number of anilines is 1. The lowest BCUT2D eigenvalue weighted by molar-refractivity contribution is -0.120. The van der Waals surface area contributed by atoms with Gasteiger partial charge >= 0.3 is 0 Å². The molecule has 0 saturated heterocycles. The average Bonchev–Trinajstić information content (AvgIpc) is 3.01. The molecule has 4 rings (SSSR count). The third-order valence-electron chi connectivity index (χ3n) is 5.61. The molecule has 3 aromatic rings. The van der Waals surface area contributed by atoms with Crippen LogP contribution in [0.4, 0.5) is 10.1 Å². The number of likely N-dealkylation sites (N-methyl/N-ethyl adjacent to an activating group) is 1. The molecule has 0 spiro atoms. The van der Waals surface area contributed by atoms with Crippen LogP contribution in [0.2, 0.25) is 0 Å². The molecule has 0 radical (unpaired) electrons. The van der Waals surface area contributed by atoms with E-state index in [-0.39, 0.29) is 30.6 Å². The molecule has 2 aromatic carbocycles. The average molecular weight is 504 g/mol. The maximum atomic E-state index is 13.2. The number of aliphatic hydroxyl groups is 1. The molecule has 37 heavy (non-hydrogen) atoms. The van der Waals surface area contributed by atoms with E-state index in [4.69, 9.17) is 9.47 Å². The summed E-state index contributed by atoms with van der Waals surface area (Å²) in [7, 11) is 1.60. The summed E-state index contributed by atoms with van der Waals surface area (Å²) in [5, 5.41) is 12.1. The van der Waals surface area contributed by atoms with Crippen molar-refractivity contribution in [3.05, 3.63) is 77.9 Å². The smallest absolute Gasteiger partial charge is 0.270 e. The Morgan fingerprint density at radius 3 is 2.70 bits per heavy atom. The number of nitrogens with one attached hydrogen (secondary N) is 1. The number of halogens is 1. The zero-order valence-electron chi connectivity index (χ0n) is 20.6. The van der Waals surface area contributed by atoms with Gasteiger partial charge in [-0.25, -0.2) is 4.39 Å². The van der Waals surface area contributed by atoms with E-state index < -0.39 is 17.4 Å². The Morgan fingerprint density at radius 2 is 1.97 bits per heavy atom. The number of hydrogen-bond donors (Lipinski definition) is 2. The molecular weight excluding hydrogens is 477 g/mol. The monoisotopic (exact) mass is 503 g/mol. The number of fused-ring (bicyclic) bond motifs is 1. The van der Waals surface area contributed by atoms with Crippen molar-refractivity contribution >= 4 is 17.5 Å². The summed E-state index contributed by atoms with van der Waals surface area (Å²) in [5.41, 5.74) is 0.660. The summed E-state index contributed by atoms with van der Waals surface area (Å²) in [6.45, 7) is 3.50. The van der Waals surface area contributed by atoms with Crippen molar-refractivity contribution in [2.45, 2.75) is 19.9 Å². The van der Waals surface area contributed by atoms with Crippen molar-refractivity contribution < 1.29 is 28.6 Å². The highest BCUT2D eigenvalue weighted by Gasteiger charge is 2.31. The predicted octanol–water partition coefficient (Wildman–Crippen LogP) is 3.54. The van der Waals surface area contributed by atoms with Crippen LogP contribution in [0, 0.1) is 23.1 Å². The van der Waals surface area contributed by atoms with Crippen LogP contribution in [-0.2, 0) is 4.79 Å². The molecule has 1 unspecified atom stereocenters. The number of carbonyl (C=O) groups excluding carboxylic acids is 2. The zero-order valence-corrected chi connectivity index (χ0v) is 20.6. The molecular formula is C28H26FN3O5. The lowest BCUT2D eigenvalue weighted by atomic mass is 9.95. The first-order chi connectivity index (χ1) is 17.6. The van der Waals surface area contributed by atoms with Gasteiger partial charge in [-0.2, -0.15) is 0 Å². The van der Waals surface area contributed by atoms with Crippen LogP contribution < -0.4 is 19.7 Å². The molecule has 0 fully saturated rings. The minimum atomic E-state index is -0.962. The standard InChI is InChI=1S/C28H26FN3O5/c1-28(2,17-33)12-10-18-4-9-25-24(14-18)32(3)27(35)23(16-36-25)31-26(34)22-15-21(11-13-30-22)37-20-7-5-19(29)6-8-20/h4-9,11,13-15,23,33H,16-17H2,1-3H3,(H,31,34). The number of ether oxygens (including phenoxy) is 2. The number of carbonyl (C=O) groups is 2. The molecule has 2 amide bonds. The highest BCUT2D eigenvalue weighted by Crippen LogP contribution is 2.32. The second-order valence-electron chi connectivity index (χ2n) is 9.14. The Hall–Kier alpha value is -4.42. The summed E-state index contributed by atoms with van der Waals surface area (Å²) < 4.78 is 24.6. The number of hydrogen-bond acceptors (Lipinski definition) is 6. The summed E-state index contributed by atoms with van der Waals surface area (Å²) in [6.07, 6.45) is 1.40. The Balaban J connectivity index is 1.47. The summed E-state index contributed by atoms with van der Waals surface area (Å²) in [4.78, 5) is 31.6. The van der Waals surface area contributed by atoms with E-state index >= 15 is 0 Å². The van der Waals surface area contributed by atoms with Crippen LogP contribution in [0.5, 0.6) is 17.2 Å². The van der Waals surface area contributed by atoms with Crippen LogP contribution >= 0.6 is 0 Å². The molecule has 1 atom stereocenters. The lowest BCUT2D eigenvalue weighted by Crippen LogP contribution is -2.49. The summed E-state index contributed by atoms with van der Waals surface area (Å²) in [5.74, 6) is 5.90. The van der Waals surface area contributed by atoms with Gasteiger partial charge in [-0.3, -0.25) is 14.6 Å². The third kappa shape index (κ3) is 6.23. The van der Waals surface area contributed by atoms with E-state index in [1.54, 1.807) is 31.3 Å². The highest BCUT2D eigenvalue weighted by molar-refractivity contribution is 6.03. The van der Waals surface area contributed by atoms with Crippen LogP contribution in [0.25, 0.3) is 0 Å². The van der Waals surface area contributed by atoms with Crippen LogP contribution in [-0.4, -0.2) is 48.2 Å². The van der Waals surface area contributed by atoms with Gasteiger partial charge in [-0.1, -0.05) is 11.8 Å². The van der Waals surface area contributed by atoms with E-state index in [0.29, 0.717) is 28.5 Å². The van der Waals surface area contributed by atoms with Gasteiger partial charge in [-0.15, -0.1) is 0 Å². The molecule has 2 N–H and O–H groups in total. The second kappa shape index (κ2) is 10.7. The molecule has 8 nitrogen and oxygen atoms in total. The van der Waals surface area contributed by atoms with Crippen molar-refractivity contribution in [1.29, 1.82) is 0 Å². The maximum Gasteiger partial charge on any atom is 0.270 e. The van der Waals surface area contributed by atoms with Gasteiger partial charge in [0.25, 0.3) is 11.8 Å². The molecule has 1 aliphatic heterocycles. The number of nitrogens with zero attached hydrogens (tertiary/aromatic N) is 2. The maximum absolute atomic E-state index is 13.2. The number of amides is 2. The van der Waals surface area contributed by atoms with E-state index in [1.807, 2.05) is 13.8 Å². The van der Waals surface area contributed by atoms with E-state index in [2.05, 4.69) is 22.1 Å². The fraction of sp³-hybridized carbons (Fsp3) is 0.250. The van der Waals surface area contributed by atoms with Crippen molar-refractivity contribution in [1.82, 2.24) is 10.3 Å². The van der Waals surface area contributed by atoms with E-state index in [1.165, 1.54) is 41.4 Å². The van der Waals surface area contributed by atoms with Crippen molar-refractivity contribution in [2.75, 3.05) is 25.2 Å². The lowest BCUT2D eigenvalue weighted by Gasteiger charge is -2.20. The predicted molar refractivity (Wildman–Crippen MR) is 135 cm³/mol. The number of pyridine rings is 1. The molecule has 9 heteroatoms. The molecule has 1 aromatic heterocycles. The number of aliphatic hydroxyl groups excluding tert-OH is 1. The largest absolute Gasteiger partial charge is 0.489 e. The molecule has 0 bridgehead atoms. The van der Waals surface area contributed by atoms with Gasteiger partial charge in [0.1, 0.15) is 41.4 Å². The first-order valence-corrected chi connectivity index (χ1v) is 11.5. The highest BCUT2D eigenvalue weighted by atomic mass is 19.1. The van der Waals surface area contributed by atoms with Gasteiger partial charge < -0.3 is 24.8 Å². The fourth-order valence-corrected chi connectivity index (χ4v) is 3.43. The van der Waals surface area contributed by atoms with Gasteiger partial charge in [0.2, 0.25) is 0 Å². The van der Waals surface area contributed by atoms with Crippen molar-refractivity contribution in [2.24, 2.45) is 5.41 Å². The molecule has 0 saturated carbocycles. The quantitative estimate of drug-likeness (QED) is 0.517. The van der Waals surface area contributed by atoms with Crippen molar-refractivity contribution in [3.63, 3.8) is 0 Å². The van der Waals surface area contributed by atoms with Crippen molar-refractivity contribution in [3.8, 4) is 29.1 Å². The first kappa shape index (κ1) is 25.7.